The number of benzene rings is 1. The smallest absolute Gasteiger partial charge is 0.335 e. The Labute approximate surface area is 91.1 Å². The van der Waals surface area contributed by atoms with E-state index in [0.29, 0.717) is 17.1 Å². The van der Waals surface area contributed by atoms with Crippen LogP contribution in [0.4, 0.5) is 0 Å². The molecule has 2 rings (SSSR count). The number of aromatic carboxylic acids is 1. The molecule has 0 atom stereocenters. The zero-order valence-corrected chi connectivity index (χ0v) is 8.82. The molecule has 0 spiro atoms. The van der Waals surface area contributed by atoms with Crippen LogP contribution in [0.15, 0.2) is 18.2 Å². The summed E-state index contributed by atoms with van der Waals surface area (Å²) < 4.78 is 1.74. The molecule has 5 heteroatoms. The Bertz CT molecular complexity index is 533. The van der Waals surface area contributed by atoms with Gasteiger partial charge in [0.05, 0.1) is 11.1 Å². The van der Waals surface area contributed by atoms with E-state index in [-0.39, 0.29) is 5.56 Å². The summed E-state index contributed by atoms with van der Waals surface area (Å²) in [7, 11) is 0. The topological polar surface area (TPSA) is 55.1 Å². The molecule has 15 heavy (non-hydrogen) atoms. The van der Waals surface area contributed by atoms with Crippen LogP contribution in [0.5, 0.6) is 0 Å². The lowest BCUT2D eigenvalue weighted by atomic mass is 10.1. The highest BCUT2D eigenvalue weighted by Gasteiger charge is 2.10. The van der Waals surface area contributed by atoms with Gasteiger partial charge in [-0.1, -0.05) is 11.6 Å². The van der Waals surface area contributed by atoms with Gasteiger partial charge in [0.25, 0.3) is 0 Å². The van der Waals surface area contributed by atoms with Crippen LogP contribution in [-0.2, 0) is 6.54 Å². The summed E-state index contributed by atoms with van der Waals surface area (Å²) in [5.74, 6) is -0.961. The van der Waals surface area contributed by atoms with Crippen molar-refractivity contribution in [3.8, 4) is 0 Å². The van der Waals surface area contributed by atoms with Gasteiger partial charge in [0.2, 0.25) is 0 Å². The van der Waals surface area contributed by atoms with Crippen molar-refractivity contribution in [1.82, 2.24) is 9.78 Å². The summed E-state index contributed by atoms with van der Waals surface area (Å²) in [5, 5.41) is 13.9. The van der Waals surface area contributed by atoms with Gasteiger partial charge in [0.15, 0.2) is 5.15 Å². The summed E-state index contributed by atoms with van der Waals surface area (Å²) in [4.78, 5) is 10.8. The van der Waals surface area contributed by atoms with Gasteiger partial charge in [-0.15, -0.1) is 0 Å². The van der Waals surface area contributed by atoms with Gasteiger partial charge in [0, 0.05) is 11.9 Å². The molecular formula is C10H9ClN2O2. The Balaban J connectivity index is 2.72. The van der Waals surface area contributed by atoms with E-state index in [1.807, 2.05) is 6.92 Å². The number of fused-ring (bicyclic) bond motifs is 1. The van der Waals surface area contributed by atoms with E-state index in [1.54, 1.807) is 22.9 Å². The average molecular weight is 225 g/mol. The highest BCUT2D eigenvalue weighted by atomic mass is 35.5. The van der Waals surface area contributed by atoms with Crippen LogP contribution in [-0.4, -0.2) is 20.9 Å². The van der Waals surface area contributed by atoms with E-state index in [9.17, 15) is 4.79 Å². The first-order chi connectivity index (χ1) is 7.13. The van der Waals surface area contributed by atoms with E-state index >= 15 is 0 Å². The molecule has 2 aromatic rings. The zero-order valence-electron chi connectivity index (χ0n) is 8.07. The van der Waals surface area contributed by atoms with Gasteiger partial charge in [-0.05, 0) is 25.1 Å². The van der Waals surface area contributed by atoms with Gasteiger partial charge >= 0.3 is 5.97 Å². The fraction of sp³-hybridized carbons (Fsp3) is 0.200. The molecule has 1 aromatic heterocycles. The first kappa shape index (κ1) is 9.98. The Morgan fingerprint density at radius 1 is 1.60 bits per heavy atom. The van der Waals surface area contributed by atoms with Gasteiger partial charge in [-0.25, -0.2) is 4.79 Å². The van der Waals surface area contributed by atoms with Crippen LogP contribution in [0.3, 0.4) is 0 Å². The van der Waals surface area contributed by atoms with Crippen molar-refractivity contribution in [1.29, 1.82) is 0 Å². The Morgan fingerprint density at radius 2 is 2.33 bits per heavy atom. The van der Waals surface area contributed by atoms with Crippen LogP contribution in [0.2, 0.25) is 5.15 Å². The minimum Gasteiger partial charge on any atom is -0.478 e. The normalized spacial score (nSPS) is 10.8. The monoisotopic (exact) mass is 224 g/mol. The third-order valence-electron chi connectivity index (χ3n) is 2.25. The molecule has 1 aromatic carbocycles. The maximum absolute atomic E-state index is 10.8. The highest BCUT2D eigenvalue weighted by Crippen LogP contribution is 2.23. The minimum absolute atomic E-state index is 0.222. The number of aromatic nitrogens is 2. The third kappa shape index (κ3) is 1.57. The van der Waals surface area contributed by atoms with Gasteiger partial charge in [0.1, 0.15) is 0 Å². The quantitative estimate of drug-likeness (QED) is 0.852. The van der Waals surface area contributed by atoms with E-state index in [0.717, 1.165) is 5.52 Å². The molecular weight excluding hydrogens is 216 g/mol. The summed E-state index contributed by atoms with van der Waals surface area (Å²) in [5.41, 5.74) is 1.08. The SMILES string of the molecule is CCn1nc(Cl)c2cc(C(=O)O)ccc21. The molecule has 0 fully saturated rings. The third-order valence-corrected chi connectivity index (χ3v) is 2.53. The first-order valence-corrected chi connectivity index (χ1v) is 4.90. The van der Waals surface area contributed by atoms with Crippen molar-refractivity contribution >= 4 is 28.5 Å². The predicted molar refractivity (Wildman–Crippen MR) is 57.4 cm³/mol. The first-order valence-electron chi connectivity index (χ1n) is 4.53. The number of halogens is 1. The van der Waals surface area contributed by atoms with E-state index in [4.69, 9.17) is 16.7 Å². The summed E-state index contributed by atoms with van der Waals surface area (Å²) in [6.07, 6.45) is 0. The van der Waals surface area contributed by atoms with Crippen molar-refractivity contribution < 1.29 is 9.90 Å². The molecule has 0 unspecified atom stereocenters. The Hall–Kier alpha value is -1.55. The average Bonchev–Trinajstić information content (AvgIpc) is 2.55. The van der Waals surface area contributed by atoms with Crippen molar-refractivity contribution in [2.45, 2.75) is 13.5 Å². The van der Waals surface area contributed by atoms with E-state index in [1.165, 1.54) is 0 Å². The largest absolute Gasteiger partial charge is 0.478 e. The fourth-order valence-electron chi connectivity index (χ4n) is 1.51. The maximum Gasteiger partial charge on any atom is 0.335 e. The number of rotatable bonds is 2. The van der Waals surface area contributed by atoms with Crippen molar-refractivity contribution in [2.75, 3.05) is 0 Å². The lowest BCUT2D eigenvalue weighted by molar-refractivity contribution is 0.0697. The maximum atomic E-state index is 10.8. The second kappa shape index (κ2) is 3.55. The number of hydrogen-bond acceptors (Lipinski definition) is 2. The minimum atomic E-state index is -0.961. The molecule has 0 radical (unpaired) electrons. The molecule has 0 aliphatic heterocycles. The second-order valence-electron chi connectivity index (χ2n) is 3.14. The summed E-state index contributed by atoms with van der Waals surface area (Å²) in [6.45, 7) is 2.66. The molecule has 0 aliphatic carbocycles. The van der Waals surface area contributed by atoms with Crippen LogP contribution >= 0.6 is 11.6 Å². The number of nitrogens with zero attached hydrogens (tertiary/aromatic N) is 2. The van der Waals surface area contributed by atoms with Crippen LogP contribution in [0, 0.1) is 0 Å². The molecule has 0 bridgehead atoms. The second-order valence-corrected chi connectivity index (χ2v) is 3.50. The number of aryl methyl sites for hydroxylation is 1. The molecule has 0 aliphatic rings. The number of hydrogen-bond donors (Lipinski definition) is 1. The molecule has 4 nitrogen and oxygen atoms in total. The lowest BCUT2D eigenvalue weighted by Crippen LogP contribution is -1.97. The number of carbonyl (C=O) groups is 1. The molecule has 1 heterocycles. The number of carboxylic acid groups (broad SMARTS) is 1. The standard InChI is InChI=1S/C10H9ClN2O2/c1-2-13-8-4-3-6(10(14)15)5-7(8)9(11)12-13/h3-5H,2H2,1H3,(H,14,15). The Morgan fingerprint density at radius 3 is 2.93 bits per heavy atom. The summed E-state index contributed by atoms with van der Waals surface area (Å²) in [6, 6.07) is 4.81. The molecule has 78 valence electrons. The van der Waals surface area contributed by atoms with Crippen molar-refractivity contribution in [2.24, 2.45) is 0 Å². The van der Waals surface area contributed by atoms with Gasteiger partial charge in [-0.3, -0.25) is 4.68 Å². The van der Waals surface area contributed by atoms with Crippen LogP contribution < -0.4 is 0 Å². The zero-order chi connectivity index (χ0) is 11.0. The van der Waals surface area contributed by atoms with E-state index in [2.05, 4.69) is 5.10 Å². The summed E-state index contributed by atoms with van der Waals surface area (Å²) >= 11 is 5.91. The highest BCUT2D eigenvalue weighted by molar-refractivity contribution is 6.34. The fourth-order valence-corrected chi connectivity index (χ4v) is 1.76. The van der Waals surface area contributed by atoms with E-state index < -0.39 is 5.97 Å². The molecule has 1 N–H and O–H groups in total. The van der Waals surface area contributed by atoms with Crippen molar-refractivity contribution in [3.63, 3.8) is 0 Å². The van der Waals surface area contributed by atoms with Gasteiger partial charge in [-0.2, -0.15) is 5.10 Å². The van der Waals surface area contributed by atoms with Crippen LogP contribution in [0.25, 0.3) is 10.9 Å². The van der Waals surface area contributed by atoms with Gasteiger partial charge < -0.3 is 5.11 Å². The molecule has 0 amide bonds. The van der Waals surface area contributed by atoms with Crippen molar-refractivity contribution in [3.05, 3.63) is 28.9 Å². The molecule has 0 saturated heterocycles. The lowest BCUT2D eigenvalue weighted by Gasteiger charge is -1.98. The van der Waals surface area contributed by atoms with Crippen LogP contribution in [0.1, 0.15) is 17.3 Å². The number of carboxylic acids is 1. The predicted octanol–water partition coefficient (Wildman–Crippen LogP) is 2.41. The Kier molecular flexibility index (Phi) is 2.36. The molecule has 0 saturated carbocycles.